The van der Waals surface area contributed by atoms with Crippen molar-refractivity contribution in [1.82, 2.24) is 20.0 Å². The van der Waals surface area contributed by atoms with E-state index in [4.69, 9.17) is 9.47 Å². The minimum Gasteiger partial charge on any atom is -0.464 e. The Kier molecular flexibility index (Phi) is 12.6. The number of hydrogen-bond acceptors (Lipinski definition) is 12. The molecule has 0 aliphatic heterocycles. The summed E-state index contributed by atoms with van der Waals surface area (Å²) in [5.41, 5.74) is -0.378. The van der Waals surface area contributed by atoms with E-state index in [9.17, 15) is 38.4 Å². The Morgan fingerprint density at radius 1 is 0.542 bits per heavy atom. The molecule has 3 rings (SSSR count). The number of ketones is 2. The van der Waals surface area contributed by atoms with Crippen LogP contribution >= 0.6 is 0 Å². The van der Waals surface area contributed by atoms with Gasteiger partial charge in [-0.3, -0.25) is 48.2 Å². The Labute approximate surface area is 276 Å². The van der Waals surface area contributed by atoms with Gasteiger partial charge in [0.25, 0.3) is 0 Å². The lowest BCUT2D eigenvalue weighted by Gasteiger charge is -2.31. The highest BCUT2D eigenvalue weighted by molar-refractivity contribution is 6.32. The third-order valence-corrected chi connectivity index (χ3v) is 7.49. The monoisotopic (exact) mass is 666 g/mol. The standard InChI is InChI=1S/C32H38N6O10/c1-19(39)35(15-17-47-23(5)43)11-13-37(21(3)41)31-27-28(30(46)26-10-8-7-9-25(26)29(27)45)32(34-33-31)38(22(4)42)14-12-36(20(2)40)16-18-48-24(6)44/h7-10H,11-18H2,1-6H3. The van der Waals surface area contributed by atoms with E-state index in [1.807, 2.05) is 0 Å². The molecule has 0 atom stereocenters. The first-order valence-electron chi connectivity index (χ1n) is 15.1. The van der Waals surface area contributed by atoms with Crippen molar-refractivity contribution in [1.29, 1.82) is 0 Å². The lowest BCUT2D eigenvalue weighted by Crippen LogP contribution is -2.44. The van der Waals surface area contributed by atoms with E-state index < -0.39 is 35.3 Å². The highest BCUT2D eigenvalue weighted by atomic mass is 16.5. The molecular formula is C32H38N6O10. The summed E-state index contributed by atoms with van der Waals surface area (Å²) in [7, 11) is 0. The SMILES string of the molecule is CC(=O)OCCN(CCN(C(C)=O)c1nnc(N(CCN(CCOC(C)=O)C(C)=O)C(C)=O)c2c1C(=O)c1ccccc1C2=O)C(C)=O. The van der Waals surface area contributed by atoms with Gasteiger partial charge in [-0.05, 0) is 0 Å². The van der Waals surface area contributed by atoms with Crippen molar-refractivity contribution in [2.75, 3.05) is 62.3 Å². The number of carbonyl (C=O) groups excluding carboxylic acids is 8. The number of ether oxygens (including phenoxy) is 2. The molecule has 0 saturated heterocycles. The first-order chi connectivity index (χ1) is 22.6. The summed E-state index contributed by atoms with van der Waals surface area (Å²) < 4.78 is 9.87. The van der Waals surface area contributed by atoms with Crippen LogP contribution < -0.4 is 9.80 Å². The van der Waals surface area contributed by atoms with Crippen LogP contribution in [0, 0.1) is 0 Å². The molecule has 4 amide bonds. The first-order valence-corrected chi connectivity index (χ1v) is 15.1. The molecule has 48 heavy (non-hydrogen) atoms. The maximum Gasteiger partial charge on any atom is 0.302 e. The minimum atomic E-state index is -0.633. The van der Waals surface area contributed by atoms with E-state index >= 15 is 0 Å². The molecule has 16 heteroatoms. The third-order valence-electron chi connectivity index (χ3n) is 7.49. The number of carbonyl (C=O) groups is 8. The van der Waals surface area contributed by atoms with Crippen LogP contribution in [0.1, 0.15) is 73.4 Å². The van der Waals surface area contributed by atoms with Gasteiger partial charge in [0.05, 0.1) is 24.2 Å². The molecule has 0 spiro atoms. The molecule has 0 N–H and O–H groups in total. The number of fused-ring (bicyclic) bond motifs is 2. The molecule has 1 aliphatic carbocycles. The zero-order chi connectivity index (χ0) is 35.7. The first kappa shape index (κ1) is 36.9. The topological polar surface area (TPSA) is 194 Å². The molecule has 256 valence electrons. The second-order valence-corrected chi connectivity index (χ2v) is 10.8. The lowest BCUT2D eigenvalue weighted by molar-refractivity contribution is -0.143. The predicted octanol–water partition coefficient (Wildman–Crippen LogP) is 0.781. The molecule has 16 nitrogen and oxygen atoms in total. The van der Waals surface area contributed by atoms with Crippen molar-refractivity contribution in [3.8, 4) is 0 Å². The van der Waals surface area contributed by atoms with Crippen molar-refractivity contribution in [2.45, 2.75) is 41.5 Å². The van der Waals surface area contributed by atoms with E-state index in [1.54, 1.807) is 12.1 Å². The summed E-state index contributed by atoms with van der Waals surface area (Å²) in [4.78, 5) is 106. The molecule has 0 fully saturated rings. The Morgan fingerprint density at radius 3 is 1.19 bits per heavy atom. The van der Waals surface area contributed by atoms with Crippen LogP contribution in [0.25, 0.3) is 0 Å². The van der Waals surface area contributed by atoms with Gasteiger partial charge in [0.15, 0.2) is 23.2 Å². The number of nitrogens with zero attached hydrogens (tertiary/aromatic N) is 6. The van der Waals surface area contributed by atoms with Crippen LogP contribution in [-0.2, 0) is 38.2 Å². The van der Waals surface area contributed by atoms with E-state index in [1.165, 1.54) is 63.5 Å². The van der Waals surface area contributed by atoms with Crippen LogP contribution in [0.2, 0.25) is 0 Å². The molecular weight excluding hydrogens is 628 g/mol. The number of esters is 2. The summed E-state index contributed by atoms with van der Waals surface area (Å²) in [6.07, 6.45) is 0. The maximum absolute atomic E-state index is 14.1. The predicted molar refractivity (Wildman–Crippen MR) is 169 cm³/mol. The third kappa shape index (κ3) is 8.83. The molecule has 1 aromatic heterocycles. The van der Waals surface area contributed by atoms with Gasteiger partial charge in [0.2, 0.25) is 23.6 Å². The van der Waals surface area contributed by atoms with E-state index in [2.05, 4.69) is 10.2 Å². The molecule has 0 saturated carbocycles. The zero-order valence-electron chi connectivity index (χ0n) is 27.7. The summed E-state index contributed by atoms with van der Waals surface area (Å²) in [6, 6.07) is 6.08. The number of benzene rings is 1. The smallest absolute Gasteiger partial charge is 0.302 e. The van der Waals surface area contributed by atoms with Gasteiger partial charge in [0.1, 0.15) is 13.2 Å². The molecule has 0 bridgehead atoms. The van der Waals surface area contributed by atoms with Gasteiger partial charge in [0, 0.05) is 78.8 Å². The minimum absolute atomic E-state index is 0.0408. The van der Waals surface area contributed by atoms with E-state index in [-0.39, 0.29) is 98.2 Å². The summed E-state index contributed by atoms with van der Waals surface area (Å²) in [5, 5.41) is 8.38. The molecule has 1 aliphatic rings. The molecule has 0 radical (unpaired) electrons. The van der Waals surface area contributed by atoms with Crippen molar-refractivity contribution in [3.05, 3.63) is 46.5 Å². The average Bonchev–Trinajstić information content (AvgIpc) is 3.01. The van der Waals surface area contributed by atoms with Crippen molar-refractivity contribution in [3.63, 3.8) is 0 Å². The second-order valence-electron chi connectivity index (χ2n) is 10.8. The molecule has 1 aromatic carbocycles. The Hall–Kier alpha value is -5.54. The normalized spacial score (nSPS) is 11.5. The Bertz CT molecular complexity index is 1520. The highest BCUT2D eigenvalue weighted by Crippen LogP contribution is 2.37. The largest absolute Gasteiger partial charge is 0.464 e. The fourth-order valence-electron chi connectivity index (χ4n) is 5.09. The van der Waals surface area contributed by atoms with E-state index in [0.29, 0.717) is 0 Å². The van der Waals surface area contributed by atoms with E-state index in [0.717, 1.165) is 9.80 Å². The number of rotatable bonds is 14. The van der Waals surface area contributed by atoms with Gasteiger partial charge in [-0.25, -0.2) is 0 Å². The fraction of sp³-hybridized carbons (Fsp3) is 0.438. The number of hydrogen-bond donors (Lipinski definition) is 0. The Balaban J connectivity index is 2.09. The zero-order valence-corrected chi connectivity index (χ0v) is 27.7. The fourth-order valence-corrected chi connectivity index (χ4v) is 5.09. The highest BCUT2D eigenvalue weighted by Gasteiger charge is 2.39. The van der Waals surface area contributed by atoms with Crippen LogP contribution in [0.4, 0.5) is 11.6 Å². The van der Waals surface area contributed by atoms with Crippen LogP contribution in [0.5, 0.6) is 0 Å². The average molecular weight is 667 g/mol. The van der Waals surface area contributed by atoms with Gasteiger partial charge >= 0.3 is 11.9 Å². The maximum atomic E-state index is 14.1. The number of aromatic nitrogens is 2. The summed E-state index contributed by atoms with van der Waals surface area (Å²) in [6.45, 7) is 7.04. The summed E-state index contributed by atoms with van der Waals surface area (Å²) >= 11 is 0. The number of anilines is 2. The molecule has 0 unspecified atom stereocenters. The van der Waals surface area contributed by atoms with Gasteiger partial charge in [-0.2, -0.15) is 0 Å². The van der Waals surface area contributed by atoms with Gasteiger partial charge in [-0.15, -0.1) is 10.2 Å². The van der Waals surface area contributed by atoms with Gasteiger partial charge < -0.3 is 19.3 Å². The lowest BCUT2D eigenvalue weighted by atomic mass is 9.84. The van der Waals surface area contributed by atoms with Crippen molar-refractivity contribution in [2.24, 2.45) is 0 Å². The quantitative estimate of drug-likeness (QED) is 0.220. The Morgan fingerprint density at radius 2 is 0.896 bits per heavy atom. The van der Waals surface area contributed by atoms with Crippen LogP contribution in [-0.4, -0.2) is 120 Å². The van der Waals surface area contributed by atoms with Crippen LogP contribution in [0.3, 0.4) is 0 Å². The molecule has 1 heterocycles. The van der Waals surface area contributed by atoms with Crippen molar-refractivity contribution < 1.29 is 47.8 Å². The number of amides is 4. The van der Waals surface area contributed by atoms with Crippen LogP contribution in [0.15, 0.2) is 24.3 Å². The summed E-state index contributed by atoms with van der Waals surface area (Å²) in [5.74, 6) is -4.67. The van der Waals surface area contributed by atoms with Crippen molar-refractivity contribution >= 4 is 58.8 Å². The molecule has 2 aromatic rings. The van der Waals surface area contributed by atoms with Gasteiger partial charge in [-0.1, -0.05) is 24.3 Å². The second kappa shape index (κ2) is 16.3.